The van der Waals surface area contributed by atoms with Gasteiger partial charge in [-0.25, -0.2) is 0 Å². The zero-order chi connectivity index (χ0) is 9.68. The molecule has 0 N–H and O–H groups in total. The normalized spacial score (nSPS) is 29.0. The number of hydrogen-bond donors (Lipinski definition) is 0. The van der Waals surface area contributed by atoms with Crippen LogP contribution in [-0.2, 0) is 0 Å². The number of likely N-dealkylation sites (tertiary alicyclic amines) is 1. The van der Waals surface area contributed by atoms with Crippen molar-refractivity contribution < 1.29 is 0 Å². The van der Waals surface area contributed by atoms with Crippen molar-refractivity contribution in [1.82, 2.24) is 4.90 Å². The molecule has 0 radical (unpaired) electrons. The summed E-state index contributed by atoms with van der Waals surface area (Å²) in [4.78, 5) is 2.64. The first-order valence-electron chi connectivity index (χ1n) is 5.48. The van der Waals surface area contributed by atoms with Crippen LogP contribution in [0.3, 0.4) is 0 Å². The zero-order valence-electron chi connectivity index (χ0n) is 8.92. The van der Waals surface area contributed by atoms with Crippen molar-refractivity contribution in [2.24, 2.45) is 0 Å². The highest BCUT2D eigenvalue weighted by molar-refractivity contribution is 4.87. The van der Waals surface area contributed by atoms with E-state index in [1.807, 2.05) is 0 Å². The van der Waals surface area contributed by atoms with Crippen LogP contribution in [0.25, 0.3) is 0 Å². The molecule has 1 aliphatic rings. The lowest BCUT2D eigenvalue weighted by Gasteiger charge is -2.27. The number of terminal acetylenes is 1. The minimum absolute atomic E-state index is 0.780. The molecule has 1 heterocycles. The Morgan fingerprint density at radius 3 is 2.85 bits per heavy atom. The molecule has 0 saturated carbocycles. The molecule has 0 aromatic heterocycles. The van der Waals surface area contributed by atoms with E-state index in [4.69, 9.17) is 6.42 Å². The highest BCUT2D eigenvalue weighted by Crippen LogP contribution is 2.25. The Balaban J connectivity index is 2.32. The van der Waals surface area contributed by atoms with Crippen LogP contribution >= 0.6 is 0 Å². The van der Waals surface area contributed by atoms with Gasteiger partial charge >= 0.3 is 0 Å². The SMILES string of the molecule is C#CCCCN1C(C)CCC1CC. The van der Waals surface area contributed by atoms with Crippen molar-refractivity contribution in [2.45, 2.75) is 58.0 Å². The second-order valence-electron chi connectivity index (χ2n) is 4.03. The molecule has 0 spiro atoms. The van der Waals surface area contributed by atoms with Crippen molar-refractivity contribution in [3.05, 3.63) is 0 Å². The molecule has 2 unspecified atom stereocenters. The summed E-state index contributed by atoms with van der Waals surface area (Å²) in [5.74, 6) is 2.71. The molecule has 0 aliphatic carbocycles. The van der Waals surface area contributed by atoms with E-state index < -0.39 is 0 Å². The Morgan fingerprint density at radius 2 is 2.23 bits per heavy atom. The van der Waals surface area contributed by atoms with Crippen LogP contribution in [0.4, 0.5) is 0 Å². The van der Waals surface area contributed by atoms with Gasteiger partial charge in [-0.15, -0.1) is 12.3 Å². The van der Waals surface area contributed by atoms with E-state index in [-0.39, 0.29) is 0 Å². The fraction of sp³-hybridized carbons (Fsp3) is 0.833. The minimum atomic E-state index is 0.780. The predicted octanol–water partition coefficient (Wildman–Crippen LogP) is 2.66. The van der Waals surface area contributed by atoms with Crippen molar-refractivity contribution >= 4 is 0 Å². The molecule has 1 fully saturated rings. The third-order valence-corrected chi connectivity index (χ3v) is 3.16. The summed E-state index contributed by atoms with van der Waals surface area (Å²) in [7, 11) is 0. The standard InChI is InChI=1S/C12H21N/c1-4-6-7-10-13-11(3)8-9-12(13)5-2/h1,11-12H,5-10H2,2-3H3. The fourth-order valence-electron chi connectivity index (χ4n) is 2.33. The highest BCUT2D eigenvalue weighted by Gasteiger charge is 2.28. The van der Waals surface area contributed by atoms with Crippen LogP contribution in [0.15, 0.2) is 0 Å². The van der Waals surface area contributed by atoms with E-state index in [2.05, 4.69) is 24.7 Å². The van der Waals surface area contributed by atoms with Gasteiger partial charge in [0.15, 0.2) is 0 Å². The molecule has 1 nitrogen and oxygen atoms in total. The molecule has 0 amide bonds. The Labute approximate surface area is 82.5 Å². The molecule has 74 valence electrons. The Morgan fingerprint density at radius 1 is 1.46 bits per heavy atom. The maximum atomic E-state index is 5.25. The molecular formula is C12H21N. The third-order valence-electron chi connectivity index (χ3n) is 3.16. The maximum Gasteiger partial charge on any atom is 0.00982 e. The van der Waals surface area contributed by atoms with Gasteiger partial charge in [0.05, 0.1) is 0 Å². The van der Waals surface area contributed by atoms with Crippen molar-refractivity contribution in [3.8, 4) is 12.3 Å². The van der Waals surface area contributed by atoms with Crippen molar-refractivity contribution in [3.63, 3.8) is 0 Å². The van der Waals surface area contributed by atoms with E-state index in [0.29, 0.717) is 0 Å². The van der Waals surface area contributed by atoms with Crippen LogP contribution in [0, 0.1) is 12.3 Å². The lowest BCUT2D eigenvalue weighted by atomic mass is 10.1. The summed E-state index contributed by atoms with van der Waals surface area (Å²) in [5, 5.41) is 0. The average Bonchev–Trinajstić information content (AvgIpc) is 2.48. The zero-order valence-corrected chi connectivity index (χ0v) is 8.92. The summed E-state index contributed by atoms with van der Waals surface area (Å²) < 4.78 is 0. The van der Waals surface area contributed by atoms with Gasteiger partial charge in [0.2, 0.25) is 0 Å². The number of hydrogen-bond acceptors (Lipinski definition) is 1. The van der Waals surface area contributed by atoms with Crippen molar-refractivity contribution in [2.75, 3.05) is 6.54 Å². The number of nitrogens with zero attached hydrogens (tertiary/aromatic N) is 1. The second-order valence-corrected chi connectivity index (χ2v) is 4.03. The first kappa shape index (κ1) is 10.6. The van der Waals surface area contributed by atoms with E-state index >= 15 is 0 Å². The van der Waals surface area contributed by atoms with Gasteiger partial charge in [-0.1, -0.05) is 6.92 Å². The topological polar surface area (TPSA) is 3.24 Å². The largest absolute Gasteiger partial charge is 0.298 e. The maximum absolute atomic E-state index is 5.25. The van der Waals surface area contributed by atoms with Gasteiger partial charge in [0, 0.05) is 18.5 Å². The van der Waals surface area contributed by atoms with Crippen LogP contribution in [0.2, 0.25) is 0 Å². The first-order chi connectivity index (χ1) is 6.29. The average molecular weight is 179 g/mol. The molecule has 0 aromatic carbocycles. The lowest BCUT2D eigenvalue weighted by Crippen LogP contribution is -2.34. The Kier molecular flexibility index (Phi) is 4.32. The first-order valence-corrected chi connectivity index (χ1v) is 5.48. The molecule has 1 saturated heterocycles. The number of rotatable bonds is 4. The molecular weight excluding hydrogens is 158 g/mol. The number of unbranched alkanes of at least 4 members (excludes halogenated alkanes) is 1. The van der Waals surface area contributed by atoms with Gasteiger partial charge < -0.3 is 0 Å². The van der Waals surface area contributed by atoms with E-state index in [1.165, 1.54) is 25.8 Å². The summed E-state index contributed by atoms with van der Waals surface area (Å²) in [5.41, 5.74) is 0. The quantitative estimate of drug-likeness (QED) is 0.474. The van der Waals surface area contributed by atoms with Crippen LogP contribution < -0.4 is 0 Å². The minimum Gasteiger partial charge on any atom is -0.298 e. The summed E-state index contributed by atoms with van der Waals surface area (Å²) in [6, 6.07) is 1.61. The summed E-state index contributed by atoms with van der Waals surface area (Å²) in [6.45, 7) is 5.83. The Bertz CT molecular complexity index is 180. The van der Waals surface area contributed by atoms with E-state index in [1.54, 1.807) is 0 Å². The predicted molar refractivity (Wildman–Crippen MR) is 57.5 cm³/mol. The third kappa shape index (κ3) is 2.74. The molecule has 0 bridgehead atoms. The van der Waals surface area contributed by atoms with Crippen LogP contribution in [-0.4, -0.2) is 23.5 Å². The van der Waals surface area contributed by atoms with Crippen LogP contribution in [0.1, 0.15) is 46.0 Å². The monoisotopic (exact) mass is 179 g/mol. The van der Waals surface area contributed by atoms with E-state index in [9.17, 15) is 0 Å². The Hall–Kier alpha value is -0.480. The fourth-order valence-corrected chi connectivity index (χ4v) is 2.33. The second kappa shape index (κ2) is 5.29. The van der Waals surface area contributed by atoms with Gasteiger partial charge in [0.25, 0.3) is 0 Å². The molecule has 1 heteroatoms. The molecule has 13 heavy (non-hydrogen) atoms. The smallest absolute Gasteiger partial charge is 0.00982 e. The molecule has 1 rings (SSSR count). The molecule has 2 atom stereocenters. The van der Waals surface area contributed by atoms with E-state index in [0.717, 1.165) is 24.9 Å². The molecule has 1 aliphatic heterocycles. The van der Waals surface area contributed by atoms with Gasteiger partial charge in [-0.3, -0.25) is 4.90 Å². The summed E-state index contributed by atoms with van der Waals surface area (Å²) in [6.07, 6.45) is 11.4. The lowest BCUT2D eigenvalue weighted by molar-refractivity contribution is 0.197. The van der Waals surface area contributed by atoms with Gasteiger partial charge in [-0.05, 0) is 39.2 Å². The molecule has 0 aromatic rings. The van der Waals surface area contributed by atoms with Crippen LogP contribution in [0.5, 0.6) is 0 Å². The van der Waals surface area contributed by atoms with Gasteiger partial charge in [-0.2, -0.15) is 0 Å². The van der Waals surface area contributed by atoms with Crippen molar-refractivity contribution in [1.29, 1.82) is 0 Å². The van der Waals surface area contributed by atoms with Gasteiger partial charge in [0.1, 0.15) is 0 Å². The summed E-state index contributed by atoms with van der Waals surface area (Å²) >= 11 is 0. The highest BCUT2D eigenvalue weighted by atomic mass is 15.2.